The summed E-state index contributed by atoms with van der Waals surface area (Å²) in [6.07, 6.45) is 7.04. The Labute approximate surface area is 101 Å². The van der Waals surface area contributed by atoms with Crippen molar-refractivity contribution in [3.05, 3.63) is 0 Å². The van der Waals surface area contributed by atoms with E-state index < -0.39 is 0 Å². The highest BCUT2D eigenvalue weighted by molar-refractivity contribution is 4.87. The Balaban J connectivity index is 1.88. The Bertz CT molecular complexity index is 201. The number of hydrogen-bond donors (Lipinski definition) is 1. The van der Waals surface area contributed by atoms with E-state index in [9.17, 15) is 0 Å². The molecule has 2 fully saturated rings. The summed E-state index contributed by atoms with van der Waals surface area (Å²) in [5, 5.41) is 3.61. The van der Waals surface area contributed by atoms with E-state index in [2.05, 4.69) is 31.1 Å². The summed E-state index contributed by atoms with van der Waals surface area (Å²) in [4.78, 5) is 2.64. The van der Waals surface area contributed by atoms with Gasteiger partial charge in [-0.1, -0.05) is 20.3 Å². The van der Waals surface area contributed by atoms with Crippen LogP contribution in [0.1, 0.15) is 46.0 Å². The predicted octanol–water partition coefficient (Wildman–Crippen LogP) is 2.49. The van der Waals surface area contributed by atoms with Gasteiger partial charge in [-0.15, -0.1) is 0 Å². The Morgan fingerprint density at radius 3 is 2.31 bits per heavy atom. The average molecular weight is 224 g/mol. The lowest BCUT2D eigenvalue weighted by Gasteiger charge is -2.41. The minimum atomic E-state index is 0.756. The van der Waals surface area contributed by atoms with Gasteiger partial charge in [0.15, 0.2) is 0 Å². The van der Waals surface area contributed by atoms with Gasteiger partial charge >= 0.3 is 0 Å². The van der Waals surface area contributed by atoms with Crippen molar-refractivity contribution < 1.29 is 0 Å². The van der Waals surface area contributed by atoms with Crippen LogP contribution in [0.5, 0.6) is 0 Å². The zero-order valence-corrected chi connectivity index (χ0v) is 11.2. The van der Waals surface area contributed by atoms with E-state index in [1.165, 1.54) is 45.2 Å². The first-order chi connectivity index (χ1) is 7.68. The van der Waals surface area contributed by atoms with Crippen LogP contribution in [0.15, 0.2) is 0 Å². The molecular formula is C14H28N2. The van der Waals surface area contributed by atoms with Crippen molar-refractivity contribution in [2.45, 2.75) is 58.0 Å². The van der Waals surface area contributed by atoms with Crippen molar-refractivity contribution in [1.29, 1.82) is 0 Å². The summed E-state index contributed by atoms with van der Waals surface area (Å²) in [6.45, 7) is 7.37. The second-order valence-corrected chi connectivity index (χ2v) is 6.11. The molecule has 2 heteroatoms. The fourth-order valence-electron chi connectivity index (χ4n) is 3.91. The Morgan fingerprint density at radius 1 is 1.06 bits per heavy atom. The zero-order chi connectivity index (χ0) is 11.5. The minimum absolute atomic E-state index is 0.756. The molecule has 1 heterocycles. The first kappa shape index (κ1) is 12.4. The van der Waals surface area contributed by atoms with Gasteiger partial charge in [0.1, 0.15) is 0 Å². The van der Waals surface area contributed by atoms with Crippen LogP contribution < -0.4 is 5.32 Å². The molecule has 16 heavy (non-hydrogen) atoms. The first-order valence-electron chi connectivity index (χ1n) is 7.12. The average Bonchev–Trinajstić information content (AvgIpc) is 2.70. The molecule has 0 aromatic rings. The van der Waals surface area contributed by atoms with Gasteiger partial charge in [0.25, 0.3) is 0 Å². The second kappa shape index (κ2) is 5.50. The molecule has 0 bridgehead atoms. The molecule has 3 unspecified atom stereocenters. The van der Waals surface area contributed by atoms with Gasteiger partial charge in [-0.25, -0.2) is 0 Å². The molecule has 1 N–H and O–H groups in total. The summed E-state index contributed by atoms with van der Waals surface area (Å²) >= 11 is 0. The van der Waals surface area contributed by atoms with Crippen LogP contribution in [0, 0.1) is 11.8 Å². The molecule has 0 radical (unpaired) electrons. The summed E-state index contributed by atoms with van der Waals surface area (Å²) in [7, 11) is 2.34. The molecule has 2 aliphatic rings. The predicted molar refractivity (Wildman–Crippen MR) is 69.6 cm³/mol. The summed E-state index contributed by atoms with van der Waals surface area (Å²) < 4.78 is 0. The van der Waals surface area contributed by atoms with Crippen molar-refractivity contribution in [2.24, 2.45) is 11.8 Å². The molecule has 2 nitrogen and oxygen atoms in total. The number of nitrogens with zero attached hydrogens (tertiary/aromatic N) is 1. The SMILES string of the molecule is CC1CCCC(C)C1N(C)CC1CCCN1. The molecule has 0 amide bonds. The van der Waals surface area contributed by atoms with E-state index in [1.54, 1.807) is 0 Å². The topological polar surface area (TPSA) is 15.3 Å². The van der Waals surface area contributed by atoms with E-state index in [4.69, 9.17) is 0 Å². The largest absolute Gasteiger partial charge is 0.313 e. The number of nitrogens with one attached hydrogen (secondary N) is 1. The molecule has 1 aliphatic carbocycles. The van der Waals surface area contributed by atoms with Crippen LogP contribution in [0.3, 0.4) is 0 Å². The van der Waals surface area contributed by atoms with E-state index in [-0.39, 0.29) is 0 Å². The molecule has 2 rings (SSSR count). The van der Waals surface area contributed by atoms with Gasteiger partial charge in [-0.05, 0) is 51.1 Å². The summed E-state index contributed by atoms with van der Waals surface area (Å²) in [5.74, 6) is 1.77. The summed E-state index contributed by atoms with van der Waals surface area (Å²) in [5.41, 5.74) is 0. The van der Waals surface area contributed by atoms with Crippen LogP contribution in [-0.2, 0) is 0 Å². The number of rotatable bonds is 3. The van der Waals surface area contributed by atoms with E-state index in [1.807, 2.05) is 0 Å². The third-order valence-corrected chi connectivity index (χ3v) is 4.66. The van der Waals surface area contributed by atoms with Gasteiger partial charge in [-0.3, -0.25) is 0 Å². The van der Waals surface area contributed by atoms with Gasteiger partial charge < -0.3 is 10.2 Å². The fraction of sp³-hybridized carbons (Fsp3) is 1.00. The monoisotopic (exact) mass is 224 g/mol. The molecule has 1 aliphatic heterocycles. The van der Waals surface area contributed by atoms with E-state index in [0.29, 0.717) is 0 Å². The molecule has 0 aromatic heterocycles. The van der Waals surface area contributed by atoms with Gasteiger partial charge in [0.05, 0.1) is 0 Å². The third-order valence-electron chi connectivity index (χ3n) is 4.66. The van der Waals surface area contributed by atoms with Crippen molar-refractivity contribution in [3.8, 4) is 0 Å². The quantitative estimate of drug-likeness (QED) is 0.792. The number of hydrogen-bond acceptors (Lipinski definition) is 2. The maximum atomic E-state index is 3.61. The highest BCUT2D eigenvalue weighted by Crippen LogP contribution is 2.32. The molecular weight excluding hydrogens is 196 g/mol. The number of likely N-dealkylation sites (N-methyl/N-ethyl adjacent to an activating group) is 1. The van der Waals surface area contributed by atoms with E-state index in [0.717, 1.165) is 23.9 Å². The summed E-state index contributed by atoms with van der Waals surface area (Å²) in [6, 6.07) is 1.57. The zero-order valence-electron chi connectivity index (χ0n) is 11.2. The maximum Gasteiger partial charge on any atom is 0.0195 e. The van der Waals surface area contributed by atoms with E-state index >= 15 is 0 Å². The standard InChI is InChI=1S/C14H28N2/c1-11-6-4-7-12(2)14(11)16(3)10-13-8-5-9-15-13/h11-15H,4-10H2,1-3H3. The lowest BCUT2D eigenvalue weighted by molar-refractivity contribution is 0.0850. The van der Waals surface area contributed by atoms with Crippen molar-refractivity contribution in [2.75, 3.05) is 20.1 Å². The molecule has 94 valence electrons. The normalized spacial score (nSPS) is 40.5. The Hall–Kier alpha value is -0.0800. The Morgan fingerprint density at radius 2 is 1.75 bits per heavy atom. The lowest BCUT2D eigenvalue weighted by atomic mass is 9.78. The highest BCUT2D eigenvalue weighted by atomic mass is 15.2. The lowest BCUT2D eigenvalue weighted by Crippen LogP contribution is -2.48. The van der Waals surface area contributed by atoms with Crippen LogP contribution in [0.25, 0.3) is 0 Å². The molecule has 3 atom stereocenters. The second-order valence-electron chi connectivity index (χ2n) is 6.11. The van der Waals surface area contributed by atoms with Gasteiger partial charge in [0.2, 0.25) is 0 Å². The maximum absolute atomic E-state index is 3.61. The third kappa shape index (κ3) is 2.78. The van der Waals surface area contributed by atoms with Crippen molar-refractivity contribution >= 4 is 0 Å². The van der Waals surface area contributed by atoms with Crippen LogP contribution >= 0.6 is 0 Å². The minimum Gasteiger partial charge on any atom is -0.313 e. The molecule has 0 aromatic carbocycles. The highest BCUT2D eigenvalue weighted by Gasteiger charge is 2.31. The molecule has 1 saturated heterocycles. The van der Waals surface area contributed by atoms with Gasteiger partial charge in [-0.2, -0.15) is 0 Å². The Kier molecular flexibility index (Phi) is 4.26. The van der Waals surface area contributed by atoms with Crippen LogP contribution in [-0.4, -0.2) is 37.1 Å². The fourth-order valence-corrected chi connectivity index (χ4v) is 3.91. The van der Waals surface area contributed by atoms with Crippen molar-refractivity contribution in [3.63, 3.8) is 0 Å². The van der Waals surface area contributed by atoms with Crippen LogP contribution in [0.4, 0.5) is 0 Å². The molecule has 1 saturated carbocycles. The van der Waals surface area contributed by atoms with Gasteiger partial charge in [0, 0.05) is 18.6 Å². The molecule has 0 spiro atoms. The first-order valence-corrected chi connectivity index (χ1v) is 7.12. The smallest absolute Gasteiger partial charge is 0.0195 e. The van der Waals surface area contributed by atoms with Crippen LogP contribution in [0.2, 0.25) is 0 Å². The van der Waals surface area contributed by atoms with Crippen molar-refractivity contribution in [1.82, 2.24) is 10.2 Å².